The zero-order chi connectivity index (χ0) is 16.6. The number of carbonyl (C=O) groups excluding carboxylic acids is 2. The topological polar surface area (TPSA) is 49.4 Å². The van der Waals surface area contributed by atoms with Crippen molar-refractivity contribution in [2.24, 2.45) is 11.8 Å². The van der Waals surface area contributed by atoms with Gasteiger partial charge in [0, 0.05) is 31.0 Å². The van der Waals surface area contributed by atoms with E-state index >= 15 is 0 Å². The number of hydrogen-bond donors (Lipinski definition) is 1. The summed E-state index contributed by atoms with van der Waals surface area (Å²) in [6, 6.07) is 10.5. The second kappa shape index (κ2) is 6.23. The fraction of sp³-hybridized carbons (Fsp3) is 0.600. The molecule has 1 aromatic rings. The molecule has 24 heavy (non-hydrogen) atoms. The van der Waals surface area contributed by atoms with Crippen LogP contribution in [0.4, 0.5) is 0 Å². The van der Waals surface area contributed by atoms with E-state index in [9.17, 15) is 9.59 Å². The van der Waals surface area contributed by atoms with E-state index in [2.05, 4.69) is 29.6 Å². The number of amides is 2. The summed E-state index contributed by atoms with van der Waals surface area (Å²) < 4.78 is 0. The molecule has 4 nitrogen and oxygen atoms in total. The molecule has 0 aromatic heterocycles. The first-order valence-electron chi connectivity index (χ1n) is 9.30. The van der Waals surface area contributed by atoms with Gasteiger partial charge in [-0.15, -0.1) is 0 Å². The summed E-state index contributed by atoms with van der Waals surface area (Å²) in [4.78, 5) is 26.8. The lowest BCUT2D eigenvalue weighted by molar-refractivity contribution is -0.136. The smallest absolute Gasteiger partial charge is 0.225 e. The van der Waals surface area contributed by atoms with Crippen LogP contribution in [0.15, 0.2) is 30.3 Å². The van der Waals surface area contributed by atoms with Crippen molar-refractivity contribution in [3.63, 3.8) is 0 Å². The number of carbonyl (C=O) groups is 2. The van der Waals surface area contributed by atoms with Crippen molar-refractivity contribution in [3.8, 4) is 0 Å². The van der Waals surface area contributed by atoms with Crippen LogP contribution in [-0.4, -0.2) is 36.3 Å². The van der Waals surface area contributed by atoms with Crippen LogP contribution in [0, 0.1) is 11.8 Å². The predicted molar refractivity (Wildman–Crippen MR) is 92.4 cm³/mol. The van der Waals surface area contributed by atoms with Gasteiger partial charge in [-0.1, -0.05) is 30.3 Å². The average molecular weight is 326 g/mol. The Bertz CT molecular complexity index is 620. The first-order chi connectivity index (χ1) is 11.7. The van der Waals surface area contributed by atoms with Crippen molar-refractivity contribution in [2.45, 2.75) is 43.9 Å². The number of likely N-dealkylation sites (tertiary alicyclic amines) is 1. The Labute approximate surface area is 143 Å². The third-order valence-corrected chi connectivity index (χ3v) is 5.87. The molecule has 128 valence electrons. The lowest BCUT2D eigenvalue weighted by atomic mass is 9.94. The van der Waals surface area contributed by atoms with Crippen LogP contribution in [0.3, 0.4) is 0 Å². The molecule has 4 rings (SSSR count). The Morgan fingerprint density at radius 1 is 1.08 bits per heavy atom. The van der Waals surface area contributed by atoms with E-state index < -0.39 is 0 Å². The van der Waals surface area contributed by atoms with Crippen LogP contribution in [-0.2, 0) is 15.0 Å². The highest BCUT2D eigenvalue weighted by Gasteiger charge is 2.44. The zero-order valence-corrected chi connectivity index (χ0v) is 14.2. The van der Waals surface area contributed by atoms with Crippen molar-refractivity contribution in [1.29, 1.82) is 0 Å². The van der Waals surface area contributed by atoms with E-state index in [1.807, 2.05) is 11.0 Å². The van der Waals surface area contributed by atoms with Gasteiger partial charge in [-0.2, -0.15) is 0 Å². The van der Waals surface area contributed by atoms with E-state index in [-0.39, 0.29) is 29.1 Å². The summed E-state index contributed by atoms with van der Waals surface area (Å²) in [7, 11) is 0. The molecule has 3 aliphatic rings. The second-order valence-electron chi connectivity index (χ2n) is 7.76. The minimum Gasteiger partial charge on any atom is -0.355 e. The van der Waals surface area contributed by atoms with Crippen LogP contribution in [0.2, 0.25) is 0 Å². The van der Waals surface area contributed by atoms with Crippen molar-refractivity contribution < 1.29 is 9.59 Å². The summed E-state index contributed by atoms with van der Waals surface area (Å²) in [5.74, 6) is 0.619. The highest BCUT2D eigenvalue weighted by atomic mass is 16.2. The summed E-state index contributed by atoms with van der Waals surface area (Å²) in [6.45, 7) is 2.16. The Kier molecular flexibility index (Phi) is 4.07. The Hall–Kier alpha value is -1.84. The summed E-state index contributed by atoms with van der Waals surface area (Å²) in [5.41, 5.74) is 1.48. The van der Waals surface area contributed by atoms with E-state index in [1.165, 1.54) is 5.56 Å². The fourth-order valence-electron chi connectivity index (χ4n) is 3.89. The first-order valence-corrected chi connectivity index (χ1v) is 9.30. The molecule has 2 aliphatic carbocycles. The lowest BCUT2D eigenvalue weighted by Crippen LogP contribution is -2.47. The molecule has 2 saturated carbocycles. The molecule has 3 fully saturated rings. The monoisotopic (exact) mass is 326 g/mol. The first kappa shape index (κ1) is 15.7. The molecule has 2 amide bonds. The van der Waals surface area contributed by atoms with Gasteiger partial charge in [0.2, 0.25) is 11.8 Å². The summed E-state index contributed by atoms with van der Waals surface area (Å²) >= 11 is 0. The van der Waals surface area contributed by atoms with Gasteiger partial charge in [0.15, 0.2) is 0 Å². The molecule has 1 atom stereocenters. The molecular weight excluding hydrogens is 300 g/mol. The van der Waals surface area contributed by atoms with E-state index in [4.69, 9.17) is 0 Å². The minimum absolute atomic E-state index is 0.0342. The maximum absolute atomic E-state index is 12.6. The molecule has 1 heterocycles. The molecular formula is C20H26N2O2. The Balaban J connectivity index is 1.32. The number of benzene rings is 1. The summed E-state index contributed by atoms with van der Waals surface area (Å²) in [5, 5.41) is 3.18. The molecule has 0 radical (unpaired) electrons. The van der Waals surface area contributed by atoms with Gasteiger partial charge >= 0.3 is 0 Å². The molecule has 1 N–H and O–H groups in total. The largest absolute Gasteiger partial charge is 0.355 e. The van der Waals surface area contributed by atoms with Crippen molar-refractivity contribution in [2.75, 3.05) is 19.6 Å². The van der Waals surface area contributed by atoms with Crippen LogP contribution in [0.1, 0.15) is 44.1 Å². The van der Waals surface area contributed by atoms with E-state index in [0.717, 1.165) is 51.6 Å². The minimum atomic E-state index is -0.0342. The predicted octanol–water partition coefficient (Wildman–Crippen LogP) is 2.48. The Morgan fingerprint density at radius 3 is 2.50 bits per heavy atom. The van der Waals surface area contributed by atoms with E-state index in [0.29, 0.717) is 6.54 Å². The third-order valence-electron chi connectivity index (χ3n) is 5.87. The SMILES string of the molecule is O=C(NCC1(c2ccccc2)CC1)[C@H]1CCCN(C(=O)C2CC2)C1. The number of nitrogens with zero attached hydrogens (tertiary/aromatic N) is 1. The standard InChI is InChI=1S/C20H26N2O2/c23-18(16-5-4-12-22(13-16)19(24)15-8-9-15)21-14-20(10-11-20)17-6-2-1-3-7-17/h1-3,6-7,15-16H,4-5,8-14H2,(H,21,23)/t16-/m0/s1. The molecule has 1 saturated heterocycles. The number of hydrogen-bond acceptors (Lipinski definition) is 2. The van der Waals surface area contributed by atoms with Gasteiger partial charge in [-0.25, -0.2) is 0 Å². The van der Waals surface area contributed by atoms with Crippen molar-refractivity contribution in [1.82, 2.24) is 10.2 Å². The van der Waals surface area contributed by atoms with Crippen LogP contribution in [0.5, 0.6) is 0 Å². The lowest BCUT2D eigenvalue weighted by Gasteiger charge is -2.32. The normalized spacial score (nSPS) is 25.2. The number of nitrogens with one attached hydrogen (secondary N) is 1. The summed E-state index contributed by atoms with van der Waals surface area (Å²) in [6.07, 6.45) is 6.21. The number of rotatable bonds is 5. The van der Waals surface area contributed by atoms with Crippen LogP contribution >= 0.6 is 0 Å². The zero-order valence-electron chi connectivity index (χ0n) is 14.2. The third kappa shape index (κ3) is 3.19. The average Bonchev–Trinajstić information content (AvgIpc) is 3.54. The van der Waals surface area contributed by atoms with Gasteiger partial charge in [0.05, 0.1) is 5.92 Å². The fourth-order valence-corrected chi connectivity index (χ4v) is 3.89. The highest BCUT2D eigenvalue weighted by molar-refractivity contribution is 5.83. The maximum Gasteiger partial charge on any atom is 0.225 e. The molecule has 4 heteroatoms. The van der Waals surface area contributed by atoms with Gasteiger partial charge in [0.25, 0.3) is 0 Å². The second-order valence-corrected chi connectivity index (χ2v) is 7.76. The molecule has 1 aliphatic heterocycles. The molecule has 1 aromatic carbocycles. The van der Waals surface area contributed by atoms with Crippen LogP contribution in [0.25, 0.3) is 0 Å². The van der Waals surface area contributed by atoms with Gasteiger partial charge in [-0.05, 0) is 44.1 Å². The Morgan fingerprint density at radius 2 is 1.83 bits per heavy atom. The van der Waals surface area contributed by atoms with Gasteiger partial charge in [-0.3, -0.25) is 9.59 Å². The maximum atomic E-state index is 12.6. The van der Waals surface area contributed by atoms with Gasteiger partial charge < -0.3 is 10.2 Å². The molecule has 0 spiro atoms. The van der Waals surface area contributed by atoms with Crippen LogP contribution < -0.4 is 5.32 Å². The van der Waals surface area contributed by atoms with E-state index in [1.54, 1.807) is 0 Å². The van der Waals surface area contributed by atoms with Crippen molar-refractivity contribution >= 4 is 11.8 Å². The highest BCUT2D eigenvalue weighted by Crippen LogP contribution is 2.47. The van der Waals surface area contributed by atoms with Gasteiger partial charge in [0.1, 0.15) is 0 Å². The quantitative estimate of drug-likeness (QED) is 0.904. The molecule has 0 bridgehead atoms. The molecule has 0 unspecified atom stereocenters. The van der Waals surface area contributed by atoms with Crippen molar-refractivity contribution in [3.05, 3.63) is 35.9 Å². The number of piperidine rings is 1.